The van der Waals surface area contributed by atoms with Crippen LogP contribution in [0.3, 0.4) is 0 Å². The lowest BCUT2D eigenvalue weighted by Gasteiger charge is -2.13. The molecule has 0 aliphatic carbocycles. The molecule has 0 amide bonds. The van der Waals surface area contributed by atoms with Gasteiger partial charge in [0.2, 0.25) is 0 Å². The van der Waals surface area contributed by atoms with Crippen LogP contribution in [0.1, 0.15) is 27.7 Å². The Kier molecular flexibility index (Phi) is 6.31. The van der Waals surface area contributed by atoms with Crippen LogP contribution in [0.15, 0.2) is 0 Å². The lowest BCUT2D eigenvalue weighted by atomic mass is 10.2. The molecule has 1 atom stereocenters. The maximum absolute atomic E-state index is 11.3. The van der Waals surface area contributed by atoms with Gasteiger partial charge in [-0.2, -0.15) is 0 Å². The van der Waals surface area contributed by atoms with Crippen molar-refractivity contribution >= 4 is 18.2 Å². The fourth-order valence-electron chi connectivity index (χ4n) is 0.524. The molecule has 3 nitrogen and oxygen atoms in total. The van der Waals surface area contributed by atoms with Gasteiger partial charge in [0.15, 0.2) is 0 Å². The molecule has 80 valence electrons. The average molecular weight is 226 g/mol. The molecule has 0 fully saturated rings. The Morgan fingerprint density at radius 1 is 1.31 bits per heavy atom. The molecule has 13 heavy (non-hydrogen) atoms. The van der Waals surface area contributed by atoms with Crippen LogP contribution in [-0.4, -0.2) is 17.3 Å². The minimum Gasteiger partial charge on any atom is -0.316 e. The summed E-state index contributed by atoms with van der Waals surface area (Å²) in [6, 6.07) is 0. The Balaban J connectivity index is 3.74. The van der Waals surface area contributed by atoms with Crippen LogP contribution < -0.4 is 0 Å². The lowest BCUT2D eigenvalue weighted by Crippen LogP contribution is -2.00. The monoisotopic (exact) mass is 226 g/mol. The second-order valence-electron chi connectivity index (χ2n) is 3.85. The van der Waals surface area contributed by atoms with Gasteiger partial charge in [-0.05, 0) is 23.2 Å². The number of rotatable bonds is 6. The normalized spacial score (nSPS) is 16.5. The van der Waals surface area contributed by atoms with Crippen molar-refractivity contribution in [1.29, 1.82) is 0 Å². The molecule has 0 aliphatic rings. The van der Waals surface area contributed by atoms with Crippen molar-refractivity contribution in [3.63, 3.8) is 0 Å². The van der Waals surface area contributed by atoms with E-state index in [-0.39, 0.29) is 0 Å². The van der Waals surface area contributed by atoms with Crippen molar-refractivity contribution in [3.8, 4) is 0 Å². The third-order valence-electron chi connectivity index (χ3n) is 1.14. The summed E-state index contributed by atoms with van der Waals surface area (Å²) in [5.74, 6) is 1.36. The second kappa shape index (κ2) is 6.07. The fourth-order valence-corrected chi connectivity index (χ4v) is 3.44. The molecule has 0 spiro atoms. The summed E-state index contributed by atoms with van der Waals surface area (Å²) in [5.41, 5.74) is 0. The van der Waals surface area contributed by atoms with Gasteiger partial charge in [0.25, 0.3) is 0 Å². The Hall–Kier alpha value is 0.500. The molecule has 0 heterocycles. The van der Waals surface area contributed by atoms with E-state index in [1.165, 1.54) is 0 Å². The molecule has 0 rings (SSSR count). The second-order valence-corrected chi connectivity index (χ2v) is 7.79. The van der Waals surface area contributed by atoms with Gasteiger partial charge in [-0.25, -0.2) is 4.57 Å². The molecule has 0 radical (unpaired) electrons. The Morgan fingerprint density at radius 3 is 2.23 bits per heavy atom. The summed E-state index contributed by atoms with van der Waals surface area (Å²) < 4.78 is 16.2. The van der Waals surface area contributed by atoms with Gasteiger partial charge in [0.05, 0.1) is 6.61 Å². The van der Waals surface area contributed by atoms with E-state index in [1.807, 2.05) is 27.7 Å². The van der Waals surface area contributed by atoms with E-state index in [1.54, 1.807) is 0 Å². The first-order valence-corrected chi connectivity index (χ1v) is 7.62. The molecular weight excluding hydrogens is 207 g/mol. The molecule has 1 N–H and O–H groups in total. The molecular formula is C8H19O3PS. The SMILES string of the molecule is CC(C)COP(=O)(O)SCC(C)C. The third kappa shape index (κ3) is 8.82. The first-order chi connectivity index (χ1) is 5.83. The van der Waals surface area contributed by atoms with Crippen molar-refractivity contribution in [2.45, 2.75) is 27.7 Å². The molecule has 0 saturated heterocycles. The third-order valence-corrected chi connectivity index (χ3v) is 4.50. The van der Waals surface area contributed by atoms with Gasteiger partial charge in [-0.15, -0.1) is 0 Å². The van der Waals surface area contributed by atoms with Crippen molar-refractivity contribution in [3.05, 3.63) is 0 Å². The van der Waals surface area contributed by atoms with Gasteiger partial charge in [-0.1, -0.05) is 27.7 Å². The number of hydrogen-bond acceptors (Lipinski definition) is 3. The number of hydrogen-bond donors (Lipinski definition) is 1. The highest BCUT2D eigenvalue weighted by Gasteiger charge is 2.20. The maximum Gasteiger partial charge on any atom is 0.386 e. The molecule has 0 aromatic carbocycles. The van der Waals surface area contributed by atoms with E-state index in [0.717, 1.165) is 11.4 Å². The molecule has 1 unspecified atom stereocenters. The van der Waals surface area contributed by atoms with E-state index in [0.29, 0.717) is 24.2 Å². The quantitative estimate of drug-likeness (QED) is 0.707. The van der Waals surface area contributed by atoms with Crippen molar-refractivity contribution in [1.82, 2.24) is 0 Å². The standard InChI is InChI=1S/C8H19O3PS/c1-7(2)5-11-12(9,10)13-6-8(3)4/h7-8H,5-6H2,1-4H3,(H,9,10). The van der Waals surface area contributed by atoms with E-state index in [9.17, 15) is 9.46 Å². The van der Waals surface area contributed by atoms with Crippen LogP contribution >= 0.6 is 18.2 Å². The summed E-state index contributed by atoms with van der Waals surface area (Å²) >= 11 is 1.02. The van der Waals surface area contributed by atoms with E-state index < -0.39 is 6.80 Å². The lowest BCUT2D eigenvalue weighted by molar-refractivity contribution is 0.243. The fraction of sp³-hybridized carbons (Fsp3) is 1.00. The van der Waals surface area contributed by atoms with Crippen molar-refractivity contribution in [2.24, 2.45) is 11.8 Å². The Morgan fingerprint density at radius 2 is 1.85 bits per heavy atom. The van der Waals surface area contributed by atoms with Crippen LogP contribution in [-0.2, 0) is 9.09 Å². The van der Waals surface area contributed by atoms with Gasteiger partial charge in [0.1, 0.15) is 0 Å². The molecule has 0 aliphatic heterocycles. The van der Waals surface area contributed by atoms with E-state index >= 15 is 0 Å². The predicted molar refractivity (Wildman–Crippen MR) is 57.9 cm³/mol. The molecule has 0 aromatic rings. The molecule has 5 heteroatoms. The van der Waals surface area contributed by atoms with Crippen LogP contribution in [0, 0.1) is 11.8 Å². The first-order valence-electron chi connectivity index (χ1n) is 4.45. The van der Waals surface area contributed by atoms with Crippen LogP contribution in [0.4, 0.5) is 0 Å². The molecule has 0 bridgehead atoms. The first kappa shape index (κ1) is 13.5. The van der Waals surface area contributed by atoms with E-state index in [2.05, 4.69) is 0 Å². The predicted octanol–water partition coefficient (Wildman–Crippen LogP) is 3.15. The van der Waals surface area contributed by atoms with Crippen LogP contribution in [0.25, 0.3) is 0 Å². The smallest absolute Gasteiger partial charge is 0.316 e. The Labute approximate surface area is 84.5 Å². The van der Waals surface area contributed by atoms with Crippen LogP contribution in [0.5, 0.6) is 0 Å². The zero-order valence-corrected chi connectivity index (χ0v) is 10.4. The van der Waals surface area contributed by atoms with Gasteiger partial charge in [-0.3, -0.25) is 0 Å². The highest BCUT2D eigenvalue weighted by molar-refractivity contribution is 8.54. The average Bonchev–Trinajstić information content (AvgIpc) is 1.98. The summed E-state index contributed by atoms with van der Waals surface area (Å²) in [4.78, 5) is 9.31. The summed E-state index contributed by atoms with van der Waals surface area (Å²) in [6.45, 7) is 4.88. The van der Waals surface area contributed by atoms with Crippen molar-refractivity contribution in [2.75, 3.05) is 12.4 Å². The highest BCUT2D eigenvalue weighted by Crippen LogP contribution is 2.56. The summed E-state index contributed by atoms with van der Waals surface area (Å²) in [7, 11) is 0. The zero-order chi connectivity index (χ0) is 10.5. The molecule has 0 saturated carbocycles. The Bertz CT molecular complexity index is 166. The van der Waals surface area contributed by atoms with Gasteiger partial charge in [0, 0.05) is 5.75 Å². The zero-order valence-electron chi connectivity index (χ0n) is 8.69. The van der Waals surface area contributed by atoms with Gasteiger partial charge >= 0.3 is 6.80 Å². The highest BCUT2D eigenvalue weighted by atomic mass is 32.7. The van der Waals surface area contributed by atoms with Crippen LogP contribution in [0.2, 0.25) is 0 Å². The van der Waals surface area contributed by atoms with Crippen molar-refractivity contribution < 1.29 is 14.0 Å². The van der Waals surface area contributed by atoms with E-state index in [4.69, 9.17) is 4.52 Å². The maximum atomic E-state index is 11.3. The largest absolute Gasteiger partial charge is 0.386 e. The minimum atomic E-state index is -3.38. The van der Waals surface area contributed by atoms with Gasteiger partial charge < -0.3 is 9.42 Å². The molecule has 0 aromatic heterocycles. The summed E-state index contributed by atoms with van der Waals surface area (Å²) in [5, 5.41) is 0. The topological polar surface area (TPSA) is 46.5 Å². The summed E-state index contributed by atoms with van der Waals surface area (Å²) in [6.07, 6.45) is 0. The minimum absolute atomic E-state index is 0.292.